The predicted octanol–water partition coefficient (Wildman–Crippen LogP) is 2.46. The van der Waals surface area contributed by atoms with Crippen LogP contribution in [0.3, 0.4) is 0 Å². The van der Waals surface area contributed by atoms with Crippen molar-refractivity contribution in [3.63, 3.8) is 0 Å². The van der Waals surface area contributed by atoms with Gasteiger partial charge in [-0.2, -0.15) is 5.48 Å². The van der Waals surface area contributed by atoms with E-state index >= 15 is 0 Å². The average molecular weight is 588 g/mol. The molecule has 2 heterocycles. The van der Waals surface area contributed by atoms with Crippen LogP contribution in [0.4, 0.5) is 0 Å². The fourth-order valence-corrected chi connectivity index (χ4v) is 10.2. The molecule has 3 N–H and O–H groups in total. The van der Waals surface area contributed by atoms with Gasteiger partial charge in [-0.1, -0.05) is 112 Å². The lowest BCUT2D eigenvalue weighted by Crippen LogP contribution is -2.67. The summed E-state index contributed by atoms with van der Waals surface area (Å²) in [5.41, 5.74) is 2.68. The summed E-state index contributed by atoms with van der Waals surface area (Å²) in [7, 11) is -2.92. The van der Waals surface area contributed by atoms with Crippen molar-refractivity contribution in [1.82, 2.24) is 15.0 Å². The van der Waals surface area contributed by atoms with Gasteiger partial charge in [0.1, 0.15) is 18.2 Å². The zero-order chi connectivity index (χ0) is 29.7. The van der Waals surface area contributed by atoms with Crippen LogP contribution in [-0.4, -0.2) is 47.8 Å². The van der Waals surface area contributed by atoms with E-state index in [1.165, 1.54) is 16.8 Å². The molecule has 0 radical (unpaired) electrons. The van der Waals surface area contributed by atoms with E-state index in [4.69, 9.17) is 14.0 Å². The van der Waals surface area contributed by atoms with Gasteiger partial charge in [0.25, 0.3) is 13.9 Å². The third kappa shape index (κ3) is 6.09. The van der Waals surface area contributed by atoms with E-state index in [1.54, 1.807) is 0 Å². The summed E-state index contributed by atoms with van der Waals surface area (Å²) >= 11 is 0. The van der Waals surface area contributed by atoms with Crippen LogP contribution in [0, 0.1) is 0 Å². The van der Waals surface area contributed by atoms with Crippen LogP contribution in [0.1, 0.15) is 32.6 Å². The molecule has 0 bridgehead atoms. The SMILES string of the molecule is CC(C)(C)[Si](OC[C@H]1O[C@@H](n2ccc(=O)[nH]c2=O)[C@H](NOCc2ccccc2)[C@@H]1O)(c1ccccc1)c1ccccc1. The number of rotatable bonds is 10. The number of benzene rings is 3. The van der Waals surface area contributed by atoms with Gasteiger partial charge in [0.05, 0.1) is 13.2 Å². The summed E-state index contributed by atoms with van der Waals surface area (Å²) in [6.45, 7) is 6.83. The number of aliphatic hydroxyl groups is 1. The van der Waals surface area contributed by atoms with Gasteiger partial charge in [0.15, 0.2) is 6.23 Å². The van der Waals surface area contributed by atoms with E-state index in [0.29, 0.717) is 0 Å². The normalized spacial score (nSPS) is 21.0. The van der Waals surface area contributed by atoms with Crippen LogP contribution >= 0.6 is 0 Å². The van der Waals surface area contributed by atoms with Crippen LogP contribution in [0.25, 0.3) is 0 Å². The summed E-state index contributed by atoms with van der Waals surface area (Å²) in [5.74, 6) is 0. The van der Waals surface area contributed by atoms with E-state index in [-0.39, 0.29) is 18.3 Å². The minimum Gasteiger partial charge on any atom is -0.405 e. The molecule has 0 amide bonds. The van der Waals surface area contributed by atoms with Gasteiger partial charge in [-0.3, -0.25) is 19.2 Å². The first-order valence-electron chi connectivity index (χ1n) is 14.0. The Kier molecular flexibility index (Phi) is 9.02. The lowest BCUT2D eigenvalue weighted by Gasteiger charge is -2.43. The highest BCUT2D eigenvalue weighted by Crippen LogP contribution is 2.38. The zero-order valence-electron chi connectivity index (χ0n) is 24.0. The third-order valence-corrected chi connectivity index (χ3v) is 12.7. The molecule has 9 nitrogen and oxygen atoms in total. The Morgan fingerprint density at radius 1 is 0.905 bits per heavy atom. The Morgan fingerprint density at radius 2 is 1.48 bits per heavy atom. The second kappa shape index (κ2) is 12.7. The molecule has 3 aromatic carbocycles. The Hall–Kier alpha value is -3.64. The molecule has 0 saturated carbocycles. The number of aromatic nitrogens is 2. The second-order valence-corrected chi connectivity index (χ2v) is 15.8. The first-order valence-corrected chi connectivity index (χ1v) is 15.9. The molecule has 1 saturated heterocycles. The van der Waals surface area contributed by atoms with Crippen molar-refractivity contribution in [3.05, 3.63) is 130 Å². The van der Waals surface area contributed by atoms with Crippen molar-refractivity contribution in [2.24, 2.45) is 0 Å². The van der Waals surface area contributed by atoms with E-state index in [9.17, 15) is 14.7 Å². The molecule has 1 fully saturated rings. The molecule has 0 unspecified atom stereocenters. The quantitative estimate of drug-likeness (QED) is 0.193. The van der Waals surface area contributed by atoms with Crippen molar-refractivity contribution in [1.29, 1.82) is 0 Å². The van der Waals surface area contributed by atoms with E-state index in [2.05, 4.69) is 55.5 Å². The largest absolute Gasteiger partial charge is 0.405 e. The standard InChI is InChI=1S/C32H37N3O6Si/c1-32(2,3)42(24-15-9-5-10-16-24,25-17-11-6-12-18-25)40-22-26-29(37)28(34-39-21-23-13-7-4-8-14-23)30(41-26)35-20-19-27(36)33-31(35)38/h4-20,26,28-30,34,37H,21-22H2,1-3H3,(H,33,36,38)/t26-,28-,29-,30-/m1/s1. The monoisotopic (exact) mass is 587 g/mol. The number of nitrogens with zero attached hydrogens (tertiary/aromatic N) is 1. The fourth-order valence-electron chi connectivity index (χ4n) is 5.64. The van der Waals surface area contributed by atoms with Gasteiger partial charge in [-0.05, 0) is 21.0 Å². The number of hydrogen-bond acceptors (Lipinski definition) is 7. The first-order chi connectivity index (χ1) is 20.2. The fraction of sp³-hybridized carbons (Fsp3) is 0.312. The van der Waals surface area contributed by atoms with Gasteiger partial charge < -0.3 is 14.3 Å². The highest BCUT2D eigenvalue weighted by Gasteiger charge is 2.52. The van der Waals surface area contributed by atoms with Gasteiger partial charge in [0, 0.05) is 12.3 Å². The Labute approximate surface area is 245 Å². The summed E-state index contributed by atoms with van der Waals surface area (Å²) < 4.78 is 14.6. The van der Waals surface area contributed by atoms with E-state index in [0.717, 1.165) is 15.9 Å². The van der Waals surface area contributed by atoms with Crippen LogP contribution in [-0.2, 0) is 20.6 Å². The second-order valence-electron chi connectivity index (χ2n) is 11.5. The van der Waals surface area contributed by atoms with Crippen molar-refractivity contribution in [2.75, 3.05) is 6.61 Å². The van der Waals surface area contributed by atoms with Gasteiger partial charge >= 0.3 is 5.69 Å². The number of aliphatic hydroxyl groups excluding tert-OH is 1. The van der Waals surface area contributed by atoms with Crippen LogP contribution in [0.15, 0.2) is 113 Å². The maximum absolute atomic E-state index is 12.8. The molecule has 5 rings (SSSR count). The molecule has 42 heavy (non-hydrogen) atoms. The summed E-state index contributed by atoms with van der Waals surface area (Å²) in [5, 5.41) is 13.5. The van der Waals surface area contributed by atoms with Gasteiger partial charge in [-0.25, -0.2) is 4.79 Å². The Balaban J connectivity index is 1.45. The highest BCUT2D eigenvalue weighted by atomic mass is 28.4. The zero-order valence-corrected chi connectivity index (χ0v) is 25.0. The van der Waals surface area contributed by atoms with Gasteiger partial charge in [-0.15, -0.1) is 0 Å². The molecule has 4 atom stereocenters. The molecule has 220 valence electrons. The minimum absolute atomic E-state index is 0.0694. The summed E-state index contributed by atoms with van der Waals surface area (Å²) in [4.78, 5) is 32.5. The summed E-state index contributed by atoms with van der Waals surface area (Å²) in [6, 6.07) is 30.4. The Bertz CT molecular complexity index is 1520. The minimum atomic E-state index is -2.92. The van der Waals surface area contributed by atoms with Crippen LogP contribution in [0.2, 0.25) is 5.04 Å². The van der Waals surface area contributed by atoms with Crippen LogP contribution < -0.4 is 27.1 Å². The maximum atomic E-state index is 12.8. The predicted molar refractivity (Wildman–Crippen MR) is 163 cm³/mol. The van der Waals surface area contributed by atoms with Crippen molar-refractivity contribution in [3.8, 4) is 0 Å². The number of H-pyrrole nitrogens is 1. The summed E-state index contributed by atoms with van der Waals surface area (Å²) in [6.07, 6.45) is -1.50. The van der Waals surface area contributed by atoms with E-state index < -0.39 is 44.0 Å². The molecule has 0 spiro atoms. The van der Waals surface area contributed by atoms with E-state index in [1.807, 2.05) is 66.7 Å². The van der Waals surface area contributed by atoms with Crippen molar-refractivity contribution in [2.45, 2.75) is 56.9 Å². The molecule has 4 aromatic rings. The van der Waals surface area contributed by atoms with Gasteiger partial charge in [0.2, 0.25) is 0 Å². The molecular formula is C32H37N3O6Si. The smallest absolute Gasteiger partial charge is 0.330 e. The lowest BCUT2D eigenvalue weighted by atomic mass is 10.1. The topological polar surface area (TPSA) is 115 Å². The average Bonchev–Trinajstić information content (AvgIpc) is 3.29. The maximum Gasteiger partial charge on any atom is 0.330 e. The Morgan fingerprint density at radius 3 is 2.02 bits per heavy atom. The van der Waals surface area contributed by atoms with Crippen molar-refractivity contribution >= 4 is 18.7 Å². The van der Waals surface area contributed by atoms with Crippen LogP contribution in [0.5, 0.6) is 0 Å². The number of hydrogen-bond donors (Lipinski definition) is 3. The lowest BCUT2D eigenvalue weighted by molar-refractivity contribution is -0.0597. The first kappa shape index (κ1) is 29.8. The highest BCUT2D eigenvalue weighted by molar-refractivity contribution is 6.99. The number of hydroxylamine groups is 1. The number of nitrogens with one attached hydrogen (secondary N) is 2. The molecular weight excluding hydrogens is 550 g/mol. The molecule has 1 aliphatic rings. The molecule has 1 aromatic heterocycles. The molecule has 1 aliphatic heterocycles. The van der Waals surface area contributed by atoms with Crippen molar-refractivity contribution < 1.29 is 19.1 Å². The number of ether oxygens (including phenoxy) is 1. The molecule has 0 aliphatic carbocycles. The third-order valence-electron chi connectivity index (χ3n) is 7.68. The molecule has 10 heteroatoms. The number of aromatic amines is 1.